The number of benzene rings is 1. The zero-order valence-electron chi connectivity index (χ0n) is 14.6. The van der Waals surface area contributed by atoms with E-state index >= 15 is 0 Å². The fourth-order valence-electron chi connectivity index (χ4n) is 2.70. The van der Waals surface area contributed by atoms with E-state index in [1.54, 1.807) is 0 Å². The van der Waals surface area contributed by atoms with E-state index in [1.165, 1.54) is 12.1 Å². The van der Waals surface area contributed by atoms with Gasteiger partial charge in [0.1, 0.15) is 11.2 Å². The van der Waals surface area contributed by atoms with Crippen molar-refractivity contribution < 1.29 is 49.8 Å². The standard InChI is InChI=1S/C17H16F7NO4/c18-14(19)28-8-11(9-2-1-3-10(6-9)29-15(20)21)25-13(27)7-12(26)16(4-5-16)17(22,23)24/h1-3,6,11,14-15H,4-5,7-8H2,(H,25,27). The highest BCUT2D eigenvalue weighted by atomic mass is 19.4. The van der Waals surface area contributed by atoms with E-state index < -0.39 is 68.4 Å². The van der Waals surface area contributed by atoms with Gasteiger partial charge in [0.05, 0.1) is 19.1 Å². The smallest absolute Gasteiger partial charge is 0.401 e. The van der Waals surface area contributed by atoms with Crippen LogP contribution in [0.3, 0.4) is 0 Å². The SMILES string of the molecule is O=C(CC(=O)C1(C(F)(F)F)CC1)NC(COC(F)F)c1cccc(OC(F)F)c1. The molecule has 1 aliphatic rings. The second-order valence-corrected chi connectivity index (χ2v) is 6.34. The highest BCUT2D eigenvalue weighted by Gasteiger charge is 2.67. The molecule has 1 aliphatic carbocycles. The minimum absolute atomic E-state index is 0.0153. The Kier molecular flexibility index (Phi) is 7.09. The Morgan fingerprint density at radius 1 is 1.10 bits per heavy atom. The summed E-state index contributed by atoms with van der Waals surface area (Å²) in [7, 11) is 0. The molecule has 0 heterocycles. The van der Waals surface area contributed by atoms with Gasteiger partial charge in [0.2, 0.25) is 5.91 Å². The molecule has 0 saturated heterocycles. The average molecular weight is 431 g/mol. The first-order valence-electron chi connectivity index (χ1n) is 8.28. The molecule has 29 heavy (non-hydrogen) atoms. The lowest BCUT2D eigenvalue weighted by atomic mass is 9.97. The molecule has 162 valence electrons. The molecule has 1 amide bonds. The second-order valence-electron chi connectivity index (χ2n) is 6.34. The minimum Gasteiger partial charge on any atom is -0.435 e. The van der Waals surface area contributed by atoms with Crippen LogP contribution < -0.4 is 10.1 Å². The fraction of sp³-hybridized carbons (Fsp3) is 0.529. The molecule has 1 atom stereocenters. The maximum Gasteiger partial charge on any atom is 0.401 e. The van der Waals surface area contributed by atoms with Gasteiger partial charge in [-0.25, -0.2) is 0 Å². The summed E-state index contributed by atoms with van der Waals surface area (Å²) in [5.74, 6) is -2.81. The highest BCUT2D eigenvalue weighted by molar-refractivity contribution is 6.02. The van der Waals surface area contributed by atoms with Gasteiger partial charge in [-0.1, -0.05) is 12.1 Å². The van der Waals surface area contributed by atoms with Crippen LogP contribution in [0.2, 0.25) is 0 Å². The summed E-state index contributed by atoms with van der Waals surface area (Å²) < 4.78 is 96.5. The van der Waals surface area contributed by atoms with E-state index in [9.17, 15) is 40.3 Å². The lowest BCUT2D eigenvalue weighted by molar-refractivity contribution is -0.191. The predicted molar refractivity (Wildman–Crippen MR) is 83.3 cm³/mol. The number of carbonyl (C=O) groups is 2. The van der Waals surface area contributed by atoms with Gasteiger partial charge >= 0.3 is 19.4 Å². The lowest BCUT2D eigenvalue weighted by Crippen LogP contribution is -2.38. The van der Waals surface area contributed by atoms with E-state index in [-0.39, 0.29) is 11.3 Å². The van der Waals surface area contributed by atoms with Crippen LogP contribution in [-0.2, 0) is 14.3 Å². The summed E-state index contributed by atoms with van der Waals surface area (Å²) in [4.78, 5) is 24.0. The highest BCUT2D eigenvalue weighted by Crippen LogP contribution is 2.58. The molecule has 0 spiro atoms. The van der Waals surface area contributed by atoms with Crippen LogP contribution >= 0.6 is 0 Å². The van der Waals surface area contributed by atoms with Crippen LogP contribution in [0.5, 0.6) is 5.75 Å². The molecular weight excluding hydrogens is 415 g/mol. The number of ketones is 1. The summed E-state index contributed by atoms with van der Waals surface area (Å²) in [5.41, 5.74) is -2.54. The maximum atomic E-state index is 13.0. The Morgan fingerprint density at radius 2 is 1.76 bits per heavy atom. The number of ether oxygens (including phenoxy) is 2. The van der Waals surface area contributed by atoms with Crippen LogP contribution in [0, 0.1) is 5.41 Å². The van der Waals surface area contributed by atoms with Crippen LogP contribution in [-0.4, -0.2) is 37.7 Å². The first-order chi connectivity index (χ1) is 13.4. The van der Waals surface area contributed by atoms with Gasteiger partial charge in [0.15, 0.2) is 5.78 Å². The van der Waals surface area contributed by atoms with Gasteiger partial charge in [0.25, 0.3) is 0 Å². The number of alkyl halides is 7. The number of hydrogen-bond acceptors (Lipinski definition) is 4. The summed E-state index contributed by atoms with van der Waals surface area (Å²) in [6.07, 6.45) is -6.75. The molecule has 1 saturated carbocycles. The van der Waals surface area contributed by atoms with E-state index in [2.05, 4.69) is 14.8 Å². The van der Waals surface area contributed by atoms with Crippen LogP contribution in [0.1, 0.15) is 30.9 Å². The summed E-state index contributed by atoms with van der Waals surface area (Å²) in [6.45, 7) is -7.21. The van der Waals surface area contributed by atoms with Crippen molar-refractivity contribution in [3.05, 3.63) is 29.8 Å². The monoisotopic (exact) mass is 431 g/mol. The Hall–Kier alpha value is -2.37. The molecule has 1 unspecified atom stereocenters. The van der Waals surface area contributed by atoms with Gasteiger partial charge < -0.3 is 14.8 Å². The van der Waals surface area contributed by atoms with Crippen LogP contribution in [0.15, 0.2) is 24.3 Å². The Balaban J connectivity index is 2.10. The number of nitrogens with one attached hydrogen (secondary N) is 1. The maximum absolute atomic E-state index is 13.0. The predicted octanol–water partition coefficient (Wildman–Crippen LogP) is 3.99. The van der Waals surface area contributed by atoms with Crippen molar-refractivity contribution in [1.29, 1.82) is 0 Å². The van der Waals surface area contributed by atoms with Gasteiger partial charge in [0, 0.05) is 0 Å². The number of amides is 1. The third-order valence-electron chi connectivity index (χ3n) is 4.36. The minimum atomic E-state index is -4.79. The summed E-state index contributed by atoms with van der Waals surface area (Å²) in [5, 5.41) is 2.12. The van der Waals surface area contributed by atoms with Crippen molar-refractivity contribution in [1.82, 2.24) is 5.32 Å². The Bertz CT molecular complexity index is 735. The molecule has 0 bridgehead atoms. The molecule has 1 aromatic rings. The summed E-state index contributed by atoms with van der Waals surface area (Å²) in [6, 6.07) is 3.34. The van der Waals surface area contributed by atoms with Crippen molar-refractivity contribution in [2.45, 2.75) is 44.7 Å². The zero-order chi connectivity index (χ0) is 21.8. The first kappa shape index (κ1) is 22.9. The average Bonchev–Trinajstić information content (AvgIpc) is 3.39. The largest absolute Gasteiger partial charge is 0.435 e. The van der Waals surface area contributed by atoms with Gasteiger partial charge in [-0.3, -0.25) is 9.59 Å². The number of carbonyl (C=O) groups excluding carboxylic acids is 2. The molecule has 5 nitrogen and oxygen atoms in total. The van der Waals surface area contributed by atoms with Crippen molar-refractivity contribution in [3.63, 3.8) is 0 Å². The van der Waals surface area contributed by atoms with Crippen molar-refractivity contribution in [2.75, 3.05) is 6.61 Å². The quantitative estimate of drug-likeness (QED) is 0.450. The number of Topliss-reactive ketones (excluding diaryl/α,β-unsaturated/α-hetero) is 1. The van der Waals surface area contributed by atoms with E-state index in [4.69, 9.17) is 0 Å². The molecule has 1 aromatic carbocycles. The molecule has 0 aliphatic heterocycles. The lowest BCUT2D eigenvalue weighted by Gasteiger charge is -2.21. The molecule has 12 heteroatoms. The van der Waals surface area contributed by atoms with Crippen molar-refractivity contribution >= 4 is 11.7 Å². The van der Waals surface area contributed by atoms with E-state index in [0.717, 1.165) is 12.1 Å². The third-order valence-corrected chi connectivity index (χ3v) is 4.36. The summed E-state index contributed by atoms with van der Waals surface area (Å²) >= 11 is 0. The molecule has 1 fully saturated rings. The van der Waals surface area contributed by atoms with Gasteiger partial charge in [-0.2, -0.15) is 30.7 Å². The Morgan fingerprint density at radius 3 is 2.28 bits per heavy atom. The first-order valence-corrected chi connectivity index (χ1v) is 8.28. The Labute approximate surface area is 160 Å². The van der Waals surface area contributed by atoms with Crippen molar-refractivity contribution in [3.8, 4) is 5.75 Å². The molecule has 2 rings (SSSR count). The second kappa shape index (κ2) is 8.97. The number of halogens is 7. The molecular formula is C17H16F7NO4. The van der Waals surface area contributed by atoms with Crippen molar-refractivity contribution in [2.24, 2.45) is 5.41 Å². The van der Waals surface area contributed by atoms with E-state index in [1.807, 2.05) is 0 Å². The number of rotatable bonds is 10. The van der Waals surface area contributed by atoms with E-state index in [0.29, 0.717) is 0 Å². The third kappa shape index (κ3) is 6.05. The topological polar surface area (TPSA) is 64.6 Å². The van der Waals surface area contributed by atoms with Crippen LogP contribution in [0.25, 0.3) is 0 Å². The number of hydrogen-bond donors (Lipinski definition) is 1. The van der Waals surface area contributed by atoms with Gasteiger partial charge in [-0.15, -0.1) is 0 Å². The molecule has 1 N–H and O–H groups in total. The molecule has 0 radical (unpaired) electrons. The zero-order valence-corrected chi connectivity index (χ0v) is 14.6. The fourth-order valence-corrected chi connectivity index (χ4v) is 2.70. The van der Waals surface area contributed by atoms with Crippen LogP contribution in [0.4, 0.5) is 30.7 Å². The normalized spacial score (nSPS) is 16.6. The molecule has 0 aromatic heterocycles. The van der Waals surface area contributed by atoms with Gasteiger partial charge in [-0.05, 0) is 30.5 Å².